The van der Waals surface area contributed by atoms with Gasteiger partial charge in [-0.2, -0.15) is 11.8 Å². The number of H-pyrrole nitrogens is 2. The van der Waals surface area contributed by atoms with Crippen molar-refractivity contribution in [3.8, 4) is 0 Å². The third-order valence-corrected chi connectivity index (χ3v) is 25.2. The Morgan fingerprint density at radius 3 is 1.69 bits per heavy atom. The van der Waals surface area contributed by atoms with Crippen LogP contribution in [-0.2, 0) is 101 Å². The molecule has 45 heteroatoms. The van der Waals surface area contributed by atoms with Crippen LogP contribution < -0.4 is 87.6 Å². The maximum atomic E-state index is 15.7. The summed E-state index contributed by atoms with van der Waals surface area (Å²) in [4.78, 5) is 265. The minimum Gasteiger partial charge on any atom is -0.394 e. The summed E-state index contributed by atoms with van der Waals surface area (Å²) in [5, 5.41) is 58.1. The van der Waals surface area contributed by atoms with Crippen LogP contribution in [0.25, 0.3) is 21.8 Å². The van der Waals surface area contributed by atoms with E-state index in [4.69, 9.17) is 39.8 Å². The third kappa shape index (κ3) is 30.4. The van der Waals surface area contributed by atoms with Crippen molar-refractivity contribution in [2.45, 2.75) is 228 Å². The first-order valence-electron chi connectivity index (χ1n) is 45.3. The number of fused-ring (bicyclic) bond motifs is 4. The summed E-state index contributed by atoms with van der Waals surface area (Å²) in [5.74, 6) is -19.0. The van der Waals surface area contributed by atoms with Crippen LogP contribution in [0.3, 0.4) is 0 Å². The van der Waals surface area contributed by atoms with E-state index in [2.05, 4.69) is 68.1 Å². The van der Waals surface area contributed by atoms with Crippen molar-refractivity contribution in [3.63, 3.8) is 0 Å². The molecule has 736 valence electrons. The number of amides is 16. The average molecular weight is 1900 g/mol. The van der Waals surface area contributed by atoms with E-state index in [1.165, 1.54) is 40.2 Å². The van der Waals surface area contributed by atoms with Crippen LogP contribution in [0.5, 0.6) is 0 Å². The zero-order valence-corrected chi connectivity index (χ0v) is 78.2. The highest BCUT2D eigenvalue weighted by Crippen LogP contribution is 2.29. The fourth-order valence-electron chi connectivity index (χ4n) is 16.7. The lowest BCUT2D eigenvalue weighted by atomic mass is 9.95. The molecule has 0 saturated carbocycles. The molecule has 2 aromatic heterocycles. The highest BCUT2D eigenvalue weighted by atomic mass is 32.2. The number of benzene rings is 3. The number of ketones is 1. The molecule has 5 heterocycles. The summed E-state index contributed by atoms with van der Waals surface area (Å²) in [6.45, 7) is 5.47. The number of nitrogens with zero attached hydrogens (tertiary/aromatic N) is 6. The number of primary amides is 2. The summed E-state index contributed by atoms with van der Waals surface area (Å²) >= 11 is 0.821. The van der Waals surface area contributed by atoms with Gasteiger partial charge in [-0.05, 0) is 98.7 Å². The van der Waals surface area contributed by atoms with Gasteiger partial charge in [0.1, 0.15) is 72.5 Å². The molecule has 0 aliphatic carbocycles. The van der Waals surface area contributed by atoms with E-state index in [9.17, 15) is 53.4 Å². The number of likely N-dealkylation sites (N-methyl/N-ethyl adjacent to an activating group) is 3. The van der Waals surface area contributed by atoms with Gasteiger partial charge in [0.25, 0.3) is 0 Å². The number of nitrogens with one attached hydrogen (secondary N) is 13. The molecular formula is C90H131N25O19S. The van der Waals surface area contributed by atoms with Crippen molar-refractivity contribution >= 4 is 151 Å². The minimum atomic E-state index is -1.89. The molecule has 3 aliphatic rings. The maximum Gasteiger partial charge on any atom is 0.246 e. The maximum absolute atomic E-state index is 15.7. The zero-order valence-electron chi connectivity index (χ0n) is 77.4. The Bertz CT molecular complexity index is 5100. The minimum absolute atomic E-state index is 0.00373. The van der Waals surface area contributed by atoms with Gasteiger partial charge in [-0.3, -0.25) is 86.9 Å². The highest BCUT2D eigenvalue weighted by molar-refractivity contribution is 7.99. The van der Waals surface area contributed by atoms with Crippen LogP contribution in [-0.4, -0.2) is 314 Å². The van der Waals surface area contributed by atoms with Crippen LogP contribution in [0.2, 0.25) is 0 Å². The van der Waals surface area contributed by atoms with Crippen LogP contribution in [0.15, 0.2) is 90.2 Å². The quantitative estimate of drug-likeness (QED) is 0.0144. The highest BCUT2D eigenvalue weighted by Gasteiger charge is 2.47. The largest absolute Gasteiger partial charge is 0.394 e. The number of thioether (sulfide) groups is 1. The van der Waals surface area contributed by atoms with E-state index >= 15 is 38.4 Å². The number of rotatable bonds is 26. The molecular weight excluding hydrogens is 1770 g/mol. The number of aliphatic imine (C=N–C) groups is 1. The number of nitrogens with two attached hydrogens (primary N) is 6. The standard InChI is InChI=1S/C90H131N25O19S/c1-9-11-24-68-81(127)104-60(23-17-31-98-89(94)95)72(118)37-53(77(123)101-43-74(93)120)46-135-47-75(121)103-63(34-50-27-29-54(30-28-50)102-90(96)97)84(130)111(6)49(5)76(122)106-65(39-73(92)119)86(132)114-32-18-26-69(114)82(128)109-66(40-91)79(125)107-62(33-48(3)4)87(133)115-44-55(117)38-71(115)83(129)105-61(35-51-41-99-58-21-15-13-19-56(51)58)78(124)110-67(45-116)80(126)108-64(36-52-42-100-59-22-16-14-20-57(52)59)85(131)113(8)70(25-12-10-2)88(134)112(68)7/h13-16,19-22,27-30,41-42,48-49,53,55,60-71,99-100,116-117H,9-12,17-18,23-26,31-40,43-47,91H2,1-8H3,(H2,92,119)(H2,93,120)(H,101,123)(H,103,121)(H,104,127)(H,105,129)(H,106,122)(H,107,125)(H,108,126)(H,109,128)(H,110,124)(H4,94,95,98)(H4,96,97,102)/t49-,53-,55+,60-,61-,62-,63-,64-,65-,66-,67-,68-,69-,70-,71-/m0/s1. The Morgan fingerprint density at radius 1 is 0.563 bits per heavy atom. The molecule has 0 radical (unpaired) electrons. The number of carbonyl (C=O) groups excluding carboxylic acids is 17. The Morgan fingerprint density at radius 2 is 1.10 bits per heavy atom. The summed E-state index contributed by atoms with van der Waals surface area (Å²) in [7, 11) is 3.93. The van der Waals surface area contributed by atoms with Crippen LogP contribution in [0.1, 0.15) is 141 Å². The van der Waals surface area contributed by atoms with Gasteiger partial charge in [0, 0.05) is 119 Å². The number of aromatic amines is 2. The molecule has 0 bridgehead atoms. The number of aliphatic hydroxyl groups is 2. The van der Waals surface area contributed by atoms with Crippen LogP contribution in [0, 0.1) is 17.2 Å². The van der Waals surface area contributed by atoms with Gasteiger partial charge in [-0.1, -0.05) is 102 Å². The van der Waals surface area contributed by atoms with E-state index in [1.807, 2.05) is 13.8 Å². The first kappa shape index (κ1) is 107. The first-order chi connectivity index (χ1) is 64.2. The van der Waals surface area contributed by atoms with Crippen molar-refractivity contribution in [3.05, 3.63) is 102 Å². The number of hydrogen-bond acceptors (Lipinski definition) is 23. The van der Waals surface area contributed by atoms with E-state index in [0.29, 0.717) is 69.9 Å². The molecule has 27 N–H and O–H groups in total. The van der Waals surface area contributed by atoms with Crippen LogP contribution in [0.4, 0.5) is 5.69 Å². The summed E-state index contributed by atoms with van der Waals surface area (Å²) < 4.78 is 0. The second-order valence-corrected chi connectivity index (χ2v) is 35.8. The Balaban J connectivity index is 1.19. The van der Waals surface area contributed by atoms with Gasteiger partial charge in [0.15, 0.2) is 17.7 Å². The van der Waals surface area contributed by atoms with Crippen molar-refractivity contribution in [1.82, 2.24) is 87.6 Å². The van der Waals surface area contributed by atoms with Gasteiger partial charge in [0.2, 0.25) is 94.5 Å². The monoisotopic (exact) mass is 1900 g/mol. The molecule has 16 amide bonds. The lowest BCUT2D eigenvalue weighted by Crippen LogP contribution is -2.62. The SMILES string of the molecule is CCCC[C@H]1C(=O)N(C)[C@@H](CCCC)C(=O)N[C@@H](CCCNC(=N)N)C(=O)C[C@H](C(=O)NCC(N)=O)CSCC(=O)N[C@@H](Cc2ccc(N=C(N)N)cc2)C(=O)N(C)[C@@H](C)C(=O)N[C@@H](CC(N)=O)C(=O)N2CCC[C@H]2C(=O)N[C@@H](CN)C(=O)N[C@@H](CC(C)C)C(=O)N2C[C@H](O)C[C@H]2C(=O)N[C@@H](Cc2c[nH]c3ccccc23)C(=O)N[C@@H](CO)C(=O)N[C@@H](Cc2c[nH]c3ccccc23)C(=O)N1C. The van der Waals surface area contributed by atoms with E-state index in [0.717, 1.165) is 36.3 Å². The zero-order chi connectivity index (χ0) is 99.2. The lowest BCUT2D eigenvalue weighted by Gasteiger charge is -2.36. The molecule has 135 heavy (non-hydrogen) atoms. The van der Waals surface area contributed by atoms with Crippen molar-refractivity contribution < 1.29 is 91.7 Å². The molecule has 3 fully saturated rings. The Hall–Kier alpha value is -13.3. The molecule has 0 unspecified atom stereocenters. The Labute approximate surface area is 786 Å². The number of carbonyl (C=O) groups is 17. The number of guanidine groups is 2. The lowest BCUT2D eigenvalue weighted by molar-refractivity contribution is -0.149. The average Bonchev–Trinajstić information content (AvgIpc) is 1.59. The molecule has 3 aromatic carbocycles. The van der Waals surface area contributed by atoms with Crippen molar-refractivity contribution in [1.29, 1.82) is 5.41 Å². The van der Waals surface area contributed by atoms with Crippen molar-refractivity contribution in [2.75, 3.05) is 72.0 Å². The van der Waals surface area contributed by atoms with E-state index in [-0.39, 0.29) is 94.9 Å². The molecule has 0 spiro atoms. The number of Topliss-reactive ketones (excluding diaryl/α,β-unsaturated/α-hetero) is 1. The molecule has 5 aromatic rings. The summed E-state index contributed by atoms with van der Waals surface area (Å²) in [6.07, 6.45) is 0.777. The number of aromatic nitrogens is 2. The topological polar surface area (TPSA) is 691 Å². The molecule has 8 rings (SSSR count). The van der Waals surface area contributed by atoms with Gasteiger partial charge < -0.3 is 132 Å². The van der Waals surface area contributed by atoms with Crippen LogP contribution >= 0.6 is 11.8 Å². The number of hydrogen-bond donors (Lipinski definition) is 21. The first-order valence-corrected chi connectivity index (χ1v) is 46.5. The summed E-state index contributed by atoms with van der Waals surface area (Å²) in [6, 6.07) is 0.0797. The Kier molecular flexibility index (Phi) is 40.6. The van der Waals surface area contributed by atoms with Gasteiger partial charge in [-0.25, -0.2) is 4.99 Å². The fraction of sp³-hybridized carbons (Fsp3) is 0.544. The normalized spacial score (nSPS) is 24.8. The predicted octanol–water partition coefficient (Wildman–Crippen LogP) is -3.65. The van der Waals surface area contributed by atoms with Crippen molar-refractivity contribution in [2.24, 2.45) is 51.2 Å². The van der Waals surface area contributed by atoms with Gasteiger partial charge in [0.05, 0.1) is 49.1 Å². The van der Waals surface area contributed by atoms with Gasteiger partial charge in [-0.15, -0.1) is 0 Å². The van der Waals surface area contributed by atoms with E-state index in [1.54, 1.807) is 86.9 Å². The molecule has 44 nitrogen and oxygen atoms in total. The third-order valence-electron chi connectivity index (χ3n) is 24.1. The number of para-hydroxylation sites is 2. The molecule has 3 saturated heterocycles. The second kappa shape index (κ2) is 51.2. The van der Waals surface area contributed by atoms with Gasteiger partial charge >= 0.3 is 0 Å². The van der Waals surface area contributed by atoms with E-state index < -0.39 is 248 Å². The smallest absolute Gasteiger partial charge is 0.246 e. The summed E-state index contributed by atoms with van der Waals surface area (Å²) in [5.41, 5.74) is 37.3. The second-order valence-electron chi connectivity index (χ2n) is 34.8. The number of unbranched alkanes of at least 4 members (excludes halogenated alkanes) is 2. The molecule has 15 atom stereocenters. The fourth-order valence-corrected chi connectivity index (χ4v) is 17.6. The predicted molar refractivity (Wildman–Crippen MR) is 502 cm³/mol. The number of aliphatic hydroxyl groups excluding tert-OH is 2. The molecule has 3 aliphatic heterocycles.